The van der Waals surface area contributed by atoms with Crippen molar-refractivity contribution in [2.24, 2.45) is 0 Å². The fourth-order valence-corrected chi connectivity index (χ4v) is 1.66. The molecule has 0 aromatic carbocycles. The predicted molar refractivity (Wildman–Crippen MR) is 69.6 cm³/mol. The van der Waals surface area contributed by atoms with Crippen LogP contribution < -0.4 is 5.32 Å². The molecular formula is C11H26N2O2S. The number of hydrogen-bond acceptors (Lipinski definition) is 4. The van der Waals surface area contributed by atoms with Crippen LogP contribution in [0.5, 0.6) is 0 Å². The number of rotatable bonds is 8. The lowest BCUT2D eigenvalue weighted by atomic mass is 10.2. The molecule has 0 spiro atoms. The van der Waals surface area contributed by atoms with Crippen LogP contribution in [0.15, 0.2) is 0 Å². The van der Waals surface area contributed by atoms with Crippen molar-refractivity contribution >= 4 is 9.84 Å². The Morgan fingerprint density at radius 3 is 2.06 bits per heavy atom. The van der Waals surface area contributed by atoms with Crippen LogP contribution >= 0.6 is 0 Å². The van der Waals surface area contributed by atoms with E-state index in [-0.39, 0.29) is 0 Å². The summed E-state index contributed by atoms with van der Waals surface area (Å²) in [5.41, 5.74) is 0. The second kappa shape index (κ2) is 6.57. The van der Waals surface area contributed by atoms with Crippen molar-refractivity contribution in [3.05, 3.63) is 0 Å². The summed E-state index contributed by atoms with van der Waals surface area (Å²) in [5, 5.41) is 3.21. The van der Waals surface area contributed by atoms with Crippen molar-refractivity contribution < 1.29 is 8.42 Å². The van der Waals surface area contributed by atoms with E-state index in [0.717, 1.165) is 26.2 Å². The molecule has 0 amide bonds. The molecule has 5 heteroatoms. The van der Waals surface area contributed by atoms with Crippen LogP contribution in [-0.2, 0) is 9.84 Å². The maximum atomic E-state index is 11.4. The lowest BCUT2D eigenvalue weighted by Crippen LogP contribution is -2.43. The summed E-state index contributed by atoms with van der Waals surface area (Å²) in [6.45, 7) is 12.1. The molecule has 0 aliphatic heterocycles. The normalized spacial score (nSPS) is 13.4. The molecule has 0 aliphatic rings. The van der Waals surface area contributed by atoms with Gasteiger partial charge < -0.3 is 10.2 Å². The van der Waals surface area contributed by atoms with Crippen molar-refractivity contribution in [2.45, 2.75) is 32.4 Å². The minimum Gasteiger partial charge on any atom is -0.314 e. The van der Waals surface area contributed by atoms with E-state index in [9.17, 15) is 8.42 Å². The highest BCUT2D eigenvalue weighted by Gasteiger charge is 2.29. The highest BCUT2D eigenvalue weighted by atomic mass is 32.2. The SMILES string of the molecule is CCN(CC)CCNCC(C)(C)S(C)(=O)=O. The first-order valence-corrected chi connectivity index (χ1v) is 7.76. The van der Waals surface area contributed by atoms with E-state index in [1.54, 1.807) is 13.8 Å². The zero-order valence-corrected chi connectivity index (χ0v) is 12.0. The maximum absolute atomic E-state index is 11.4. The van der Waals surface area contributed by atoms with E-state index in [4.69, 9.17) is 0 Å². The monoisotopic (exact) mass is 250 g/mol. The van der Waals surface area contributed by atoms with Crippen LogP contribution in [0.1, 0.15) is 27.7 Å². The highest BCUT2D eigenvalue weighted by Crippen LogP contribution is 2.12. The van der Waals surface area contributed by atoms with E-state index in [2.05, 4.69) is 24.1 Å². The van der Waals surface area contributed by atoms with Gasteiger partial charge in [-0.2, -0.15) is 0 Å². The second-order valence-corrected chi connectivity index (χ2v) is 7.39. The van der Waals surface area contributed by atoms with Crippen LogP contribution in [0, 0.1) is 0 Å². The summed E-state index contributed by atoms with van der Waals surface area (Å²) in [6.07, 6.45) is 1.29. The fourth-order valence-electron chi connectivity index (χ4n) is 1.30. The van der Waals surface area contributed by atoms with Gasteiger partial charge in [0.1, 0.15) is 0 Å². The Kier molecular flexibility index (Phi) is 6.51. The van der Waals surface area contributed by atoms with Gasteiger partial charge in [-0.25, -0.2) is 8.42 Å². The topological polar surface area (TPSA) is 49.4 Å². The van der Waals surface area contributed by atoms with Crippen LogP contribution in [0.2, 0.25) is 0 Å². The van der Waals surface area contributed by atoms with E-state index in [0.29, 0.717) is 6.54 Å². The van der Waals surface area contributed by atoms with Gasteiger partial charge >= 0.3 is 0 Å². The Labute approximate surface area is 100 Å². The molecule has 0 aromatic rings. The first-order chi connectivity index (χ1) is 7.24. The van der Waals surface area contributed by atoms with Crippen molar-refractivity contribution in [3.63, 3.8) is 0 Å². The molecule has 16 heavy (non-hydrogen) atoms. The molecule has 0 unspecified atom stereocenters. The third kappa shape index (κ3) is 5.27. The maximum Gasteiger partial charge on any atom is 0.153 e. The number of nitrogens with one attached hydrogen (secondary N) is 1. The van der Waals surface area contributed by atoms with Crippen LogP contribution in [0.25, 0.3) is 0 Å². The van der Waals surface area contributed by atoms with Gasteiger partial charge in [-0.15, -0.1) is 0 Å². The molecule has 0 fully saturated rings. The predicted octanol–water partition coefficient (Wildman–Crippen LogP) is 0.741. The molecule has 0 bridgehead atoms. The van der Waals surface area contributed by atoms with Crippen LogP contribution in [0.4, 0.5) is 0 Å². The lowest BCUT2D eigenvalue weighted by molar-refractivity contribution is 0.301. The average Bonchev–Trinajstić information content (AvgIpc) is 2.16. The molecule has 0 heterocycles. The summed E-state index contributed by atoms with van der Waals surface area (Å²) < 4.78 is 22.2. The highest BCUT2D eigenvalue weighted by molar-refractivity contribution is 7.92. The van der Waals surface area contributed by atoms with Gasteiger partial charge in [0.2, 0.25) is 0 Å². The zero-order chi connectivity index (χ0) is 12.8. The Hall–Kier alpha value is -0.130. The molecule has 98 valence electrons. The summed E-state index contributed by atoms with van der Waals surface area (Å²) in [4.78, 5) is 2.31. The number of nitrogens with zero attached hydrogens (tertiary/aromatic N) is 1. The number of sulfone groups is 1. The molecule has 0 radical (unpaired) electrons. The van der Waals surface area contributed by atoms with Crippen LogP contribution in [0.3, 0.4) is 0 Å². The van der Waals surface area contributed by atoms with Gasteiger partial charge in [0.15, 0.2) is 9.84 Å². The largest absolute Gasteiger partial charge is 0.314 e. The van der Waals surface area contributed by atoms with Crippen molar-refractivity contribution in [2.75, 3.05) is 39.0 Å². The van der Waals surface area contributed by atoms with Gasteiger partial charge in [0.05, 0.1) is 4.75 Å². The Bertz CT molecular complexity index is 282. The third-order valence-corrected chi connectivity index (χ3v) is 5.21. The quantitative estimate of drug-likeness (QED) is 0.646. The standard InChI is InChI=1S/C11H26N2O2S/c1-6-13(7-2)9-8-12-10-11(3,4)16(5,14)15/h12H,6-10H2,1-5H3. The smallest absolute Gasteiger partial charge is 0.153 e. The summed E-state index contributed by atoms with van der Waals surface area (Å²) in [6, 6.07) is 0. The average molecular weight is 250 g/mol. The summed E-state index contributed by atoms with van der Waals surface area (Å²) in [5.74, 6) is 0. The van der Waals surface area contributed by atoms with E-state index in [1.807, 2.05) is 0 Å². The third-order valence-electron chi connectivity index (χ3n) is 3.05. The first kappa shape index (κ1) is 15.9. The molecule has 1 N–H and O–H groups in total. The first-order valence-electron chi connectivity index (χ1n) is 5.87. The number of hydrogen-bond donors (Lipinski definition) is 1. The zero-order valence-electron chi connectivity index (χ0n) is 11.2. The molecule has 0 atom stereocenters. The molecule has 0 saturated heterocycles. The number of likely N-dealkylation sites (N-methyl/N-ethyl adjacent to an activating group) is 1. The minimum atomic E-state index is -2.99. The molecular weight excluding hydrogens is 224 g/mol. The summed E-state index contributed by atoms with van der Waals surface area (Å²) >= 11 is 0. The fraction of sp³-hybridized carbons (Fsp3) is 1.00. The molecule has 4 nitrogen and oxygen atoms in total. The van der Waals surface area contributed by atoms with Crippen molar-refractivity contribution in [3.8, 4) is 0 Å². The van der Waals surface area contributed by atoms with E-state index in [1.165, 1.54) is 6.26 Å². The summed E-state index contributed by atoms with van der Waals surface area (Å²) in [7, 11) is -2.99. The molecule has 0 aromatic heterocycles. The Balaban J connectivity index is 3.91. The Morgan fingerprint density at radius 2 is 1.69 bits per heavy atom. The molecule has 0 saturated carbocycles. The molecule has 0 aliphatic carbocycles. The Morgan fingerprint density at radius 1 is 1.19 bits per heavy atom. The lowest BCUT2D eigenvalue weighted by Gasteiger charge is -2.24. The van der Waals surface area contributed by atoms with Crippen molar-refractivity contribution in [1.29, 1.82) is 0 Å². The van der Waals surface area contributed by atoms with E-state index < -0.39 is 14.6 Å². The minimum absolute atomic E-state index is 0.507. The van der Waals surface area contributed by atoms with E-state index >= 15 is 0 Å². The van der Waals surface area contributed by atoms with Gasteiger partial charge in [-0.1, -0.05) is 13.8 Å². The van der Waals surface area contributed by atoms with Gasteiger partial charge in [0.25, 0.3) is 0 Å². The van der Waals surface area contributed by atoms with Gasteiger partial charge in [0, 0.05) is 25.9 Å². The molecule has 0 rings (SSSR count). The second-order valence-electron chi connectivity index (χ2n) is 4.74. The van der Waals surface area contributed by atoms with Gasteiger partial charge in [-0.3, -0.25) is 0 Å². The van der Waals surface area contributed by atoms with Crippen LogP contribution in [-0.4, -0.2) is 57.0 Å². The van der Waals surface area contributed by atoms with Gasteiger partial charge in [-0.05, 0) is 26.9 Å². The van der Waals surface area contributed by atoms with Crippen molar-refractivity contribution in [1.82, 2.24) is 10.2 Å².